The van der Waals surface area contributed by atoms with Gasteiger partial charge >= 0.3 is 0 Å². The zero-order valence-electron chi connectivity index (χ0n) is 19.5. The molecule has 1 aliphatic heterocycles. The zero-order valence-corrected chi connectivity index (χ0v) is 19.5. The summed E-state index contributed by atoms with van der Waals surface area (Å²) in [7, 11) is 3.45. The normalized spacial score (nSPS) is 17.3. The van der Waals surface area contributed by atoms with Crippen molar-refractivity contribution in [3.05, 3.63) is 72.6 Å². The molecule has 1 atom stereocenters. The summed E-state index contributed by atoms with van der Waals surface area (Å²) in [5.41, 5.74) is 1.03. The van der Waals surface area contributed by atoms with Gasteiger partial charge in [-0.1, -0.05) is 36.9 Å². The van der Waals surface area contributed by atoms with Crippen molar-refractivity contribution in [1.29, 1.82) is 0 Å². The van der Waals surface area contributed by atoms with Crippen LogP contribution in [-0.4, -0.2) is 71.8 Å². The van der Waals surface area contributed by atoms with Crippen LogP contribution >= 0.6 is 0 Å². The highest BCUT2D eigenvalue weighted by Gasteiger charge is 2.29. The molecule has 0 bridgehead atoms. The van der Waals surface area contributed by atoms with Gasteiger partial charge in [-0.05, 0) is 43.2 Å². The second-order valence-corrected chi connectivity index (χ2v) is 7.81. The van der Waals surface area contributed by atoms with E-state index in [0.717, 1.165) is 11.3 Å². The van der Waals surface area contributed by atoms with Gasteiger partial charge in [0.15, 0.2) is 0 Å². The molecule has 33 heavy (non-hydrogen) atoms. The number of benzene rings is 2. The van der Waals surface area contributed by atoms with E-state index >= 15 is 0 Å². The monoisotopic (exact) mass is 452 g/mol. The van der Waals surface area contributed by atoms with Crippen molar-refractivity contribution < 1.29 is 19.4 Å². The molecule has 0 aliphatic carbocycles. The lowest BCUT2D eigenvalue weighted by molar-refractivity contribution is -0.131. The average Bonchev–Trinajstić information content (AvgIpc) is 2.85. The number of aliphatic imine (C=N–C) groups is 1. The molecule has 1 amide bonds. The van der Waals surface area contributed by atoms with Crippen molar-refractivity contribution in [2.24, 2.45) is 4.99 Å². The minimum Gasteiger partial charge on any atom is -0.497 e. The summed E-state index contributed by atoms with van der Waals surface area (Å²) in [5.74, 6) is 1.70. The minimum absolute atomic E-state index is 0.00755. The summed E-state index contributed by atoms with van der Waals surface area (Å²) in [6.45, 7) is 6.90. The van der Waals surface area contributed by atoms with Crippen LogP contribution in [0.15, 0.2) is 72.0 Å². The molecule has 0 spiro atoms. The van der Waals surface area contributed by atoms with Gasteiger partial charge in [0.25, 0.3) is 6.02 Å². The molecule has 3 rings (SSSR count). The highest BCUT2D eigenvalue weighted by Crippen LogP contribution is 2.21. The molecular formula is C25H32N4O4. The van der Waals surface area contributed by atoms with Crippen molar-refractivity contribution in [2.45, 2.75) is 26.1 Å². The number of amidine groups is 1. The third kappa shape index (κ3) is 6.26. The first-order valence-corrected chi connectivity index (χ1v) is 10.9. The van der Waals surface area contributed by atoms with E-state index in [1.165, 1.54) is 0 Å². The Balaban J connectivity index is 1.98. The van der Waals surface area contributed by atoms with Gasteiger partial charge in [0.1, 0.15) is 30.0 Å². The van der Waals surface area contributed by atoms with Gasteiger partial charge in [-0.25, -0.2) is 4.99 Å². The first-order valence-electron chi connectivity index (χ1n) is 10.9. The molecule has 0 radical (unpaired) electrons. The Morgan fingerprint density at radius 3 is 2.42 bits per heavy atom. The van der Waals surface area contributed by atoms with E-state index in [-0.39, 0.29) is 25.2 Å². The number of amides is 1. The maximum Gasteiger partial charge on any atom is 0.295 e. The molecule has 0 saturated heterocycles. The van der Waals surface area contributed by atoms with Crippen LogP contribution in [0.2, 0.25) is 0 Å². The summed E-state index contributed by atoms with van der Waals surface area (Å²) >= 11 is 0. The molecule has 1 heterocycles. The quantitative estimate of drug-likeness (QED) is 0.696. The fraction of sp³-hybridized carbons (Fsp3) is 0.360. The standard InChI is InChI=1S/C25H32N4O4/c1-19-26-25(33-23-13-11-22(32-4)12-14-23)28(17-21-9-6-5-7-10-21)18-24(31)29(15-8-16-30)20(2)27(19)3/h5-7,9-14,19,30H,2,8,15-18H2,1,3-4H3. The number of carbonyl (C=O) groups excluding carboxylic acids is 1. The lowest BCUT2D eigenvalue weighted by atomic mass is 10.2. The number of hydrogen-bond acceptors (Lipinski definition) is 7. The summed E-state index contributed by atoms with van der Waals surface area (Å²) in [4.78, 5) is 23.4. The van der Waals surface area contributed by atoms with E-state index in [0.29, 0.717) is 37.1 Å². The van der Waals surface area contributed by atoms with Gasteiger partial charge in [-0.3, -0.25) is 9.69 Å². The smallest absolute Gasteiger partial charge is 0.295 e. The Morgan fingerprint density at radius 1 is 1.12 bits per heavy atom. The van der Waals surface area contributed by atoms with Crippen molar-refractivity contribution in [2.75, 3.05) is 33.9 Å². The Labute approximate surface area is 195 Å². The second kappa shape index (κ2) is 11.4. The Kier molecular flexibility index (Phi) is 8.32. The van der Waals surface area contributed by atoms with Crippen LogP contribution in [-0.2, 0) is 11.3 Å². The molecule has 2 aromatic carbocycles. The summed E-state index contributed by atoms with van der Waals surface area (Å²) in [5, 5.41) is 9.32. The van der Waals surface area contributed by atoms with Gasteiger partial charge in [0.2, 0.25) is 5.91 Å². The zero-order chi connectivity index (χ0) is 23.8. The lowest BCUT2D eigenvalue weighted by Gasteiger charge is -2.32. The molecule has 1 aliphatic rings. The first-order chi connectivity index (χ1) is 15.9. The number of methoxy groups -OCH3 is 1. The van der Waals surface area contributed by atoms with E-state index in [1.54, 1.807) is 24.1 Å². The molecular weight excluding hydrogens is 420 g/mol. The fourth-order valence-electron chi connectivity index (χ4n) is 3.44. The largest absolute Gasteiger partial charge is 0.497 e. The maximum atomic E-state index is 13.4. The van der Waals surface area contributed by atoms with E-state index in [4.69, 9.17) is 14.5 Å². The van der Waals surface area contributed by atoms with Crippen LogP contribution in [0.1, 0.15) is 18.9 Å². The van der Waals surface area contributed by atoms with Gasteiger partial charge in [-0.15, -0.1) is 0 Å². The Morgan fingerprint density at radius 2 is 1.79 bits per heavy atom. The van der Waals surface area contributed by atoms with Crippen LogP contribution in [0, 0.1) is 0 Å². The van der Waals surface area contributed by atoms with E-state index in [2.05, 4.69) is 6.58 Å². The molecule has 8 nitrogen and oxygen atoms in total. The Bertz CT molecular complexity index is 962. The third-order valence-corrected chi connectivity index (χ3v) is 5.50. The van der Waals surface area contributed by atoms with Gasteiger partial charge in [-0.2, -0.15) is 0 Å². The first kappa shape index (κ1) is 24.1. The number of rotatable bonds is 7. The van der Waals surface area contributed by atoms with Crippen LogP contribution in [0.4, 0.5) is 0 Å². The number of ether oxygens (including phenoxy) is 2. The van der Waals surface area contributed by atoms with Crippen molar-refractivity contribution in [3.63, 3.8) is 0 Å². The van der Waals surface area contributed by atoms with Gasteiger partial charge < -0.3 is 24.4 Å². The summed E-state index contributed by atoms with van der Waals surface area (Å²) in [6, 6.07) is 17.4. The second-order valence-electron chi connectivity index (χ2n) is 7.81. The van der Waals surface area contributed by atoms with Crippen molar-refractivity contribution >= 4 is 11.9 Å². The van der Waals surface area contributed by atoms with E-state index < -0.39 is 0 Å². The van der Waals surface area contributed by atoms with Crippen LogP contribution in [0.25, 0.3) is 0 Å². The number of aliphatic hydroxyl groups excluding tert-OH is 1. The molecule has 1 N–H and O–H groups in total. The number of hydrogen-bond donors (Lipinski definition) is 1. The predicted molar refractivity (Wildman–Crippen MR) is 128 cm³/mol. The Hall–Kier alpha value is -3.52. The van der Waals surface area contributed by atoms with Gasteiger partial charge in [0, 0.05) is 26.7 Å². The highest BCUT2D eigenvalue weighted by molar-refractivity contribution is 5.86. The van der Waals surface area contributed by atoms with E-state index in [1.807, 2.05) is 66.2 Å². The van der Waals surface area contributed by atoms with Crippen LogP contribution in [0.5, 0.6) is 11.5 Å². The van der Waals surface area contributed by atoms with Crippen molar-refractivity contribution in [3.8, 4) is 11.5 Å². The molecule has 0 saturated carbocycles. The topological polar surface area (TPSA) is 77.8 Å². The molecule has 1 unspecified atom stereocenters. The number of aliphatic hydroxyl groups is 1. The predicted octanol–water partition coefficient (Wildman–Crippen LogP) is 2.91. The minimum atomic E-state index is -0.341. The maximum absolute atomic E-state index is 13.4. The SMILES string of the molecule is C=C1N(CCCO)C(=O)CN(Cc2ccccc2)C(Oc2ccc(OC)cc2)=NC(C)N1C. The average molecular weight is 453 g/mol. The number of nitrogens with zero attached hydrogens (tertiary/aromatic N) is 4. The fourth-order valence-corrected chi connectivity index (χ4v) is 3.44. The highest BCUT2D eigenvalue weighted by atomic mass is 16.5. The number of carbonyl (C=O) groups is 1. The van der Waals surface area contributed by atoms with Gasteiger partial charge in [0.05, 0.1) is 7.11 Å². The molecule has 8 heteroatoms. The van der Waals surface area contributed by atoms with Crippen molar-refractivity contribution in [1.82, 2.24) is 14.7 Å². The van der Waals surface area contributed by atoms with Crippen LogP contribution in [0.3, 0.4) is 0 Å². The molecule has 176 valence electrons. The third-order valence-electron chi connectivity index (χ3n) is 5.50. The van der Waals surface area contributed by atoms with E-state index in [9.17, 15) is 9.90 Å². The summed E-state index contributed by atoms with van der Waals surface area (Å²) < 4.78 is 11.4. The lowest BCUT2D eigenvalue weighted by Crippen LogP contribution is -2.44. The molecule has 0 fully saturated rings. The molecule has 0 aromatic heterocycles. The summed E-state index contributed by atoms with van der Waals surface area (Å²) in [6.07, 6.45) is 0.119. The molecule has 2 aromatic rings. The van der Waals surface area contributed by atoms with Crippen LogP contribution < -0.4 is 9.47 Å².